The third kappa shape index (κ3) is 2.93. The number of nitrogens with zero attached hydrogens (tertiary/aromatic N) is 1. The molecule has 0 atom stereocenters. The van der Waals surface area contributed by atoms with E-state index in [-0.39, 0.29) is 10.8 Å². The molecule has 1 heterocycles. The Bertz CT molecular complexity index is 683. The lowest BCUT2D eigenvalue weighted by molar-refractivity contribution is 0.628. The van der Waals surface area contributed by atoms with Gasteiger partial charge in [-0.1, -0.05) is 18.3 Å². The molecule has 0 aliphatic heterocycles. The van der Waals surface area contributed by atoms with Gasteiger partial charge >= 0.3 is 0 Å². The summed E-state index contributed by atoms with van der Waals surface area (Å²) in [5.41, 5.74) is 10.4. The number of aromatic nitrogens is 1. The molecule has 0 saturated heterocycles. The standard InChI is InChI=1S/C15H16FN3S/c1-8-4-5-11(16)7-12(8)19-13-6-9(2)18-10(3)14(13)15(17)20/h4-7H,1-3H3,(H2,17,20)(H,18,19). The van der Waals surface area contributed by atoms with Crippen LogP contribution < -0.4 is 11.1 Å². The Kier molecular flexibility index (Phi) is 3.99. The molecule has 3 N–H and O–H groups in total. The highest BCUT2D eigenvalue weighted by atomic mass is 32.1. The van der Waals surface area contributed by atoms with Gasteiger partial charge in [0, 0.05) is 17.1 Å². The second kappa shape index (κ2) is 5.54. The van der Waals surface area contributed by atoms with Gasteiger partial charge in [0.05, 0.1) is 11.3 Å². The number of hydrogen-bond donors (Lipinski definition) is 2. The lowest BCUT2D eigenvalue weighted by Gasteiger charge is -2.15. The number of pyridine rings is 1. The van der Waals surface area contributed by atoms with Crippen LogP contribution in [0.4, 0.5) is 15.8 Å². The molecule has 0 fully saturated rings. The zero-order valence-corrected chi connectivity index (χ0v) is 12.4. The topological polar surface area (TPSA) is 50.9 Å². The van der Waals surface area contributed by atoms with E-state index in [1.807, 2.05) is 26.8 Å². The summed E-state index contributed by atoms with van der Waals surface area (Å²) in [5.74, 6) is -0.294. The van der Waals surface area contributed by atoms with Crippen molar-refractivity contribution < 1.29 is 4.39 Å². The van der Waals surface area contributed by atoms with Gasteiger partial charge in [-0.15, -0.1) is 0 Å². The second-order valence-corrected chi connectivity index (χ2v) is 5.16. The van der Waals surface area contributed by atoms with Crippen LogP contribution in [0.15, 0.2) is 24.3 Å². The first-order valence-electron chi connectivity index (χ1n) is 6.19. The number of hydrogen-bond acceptors (Lipinski definition) is 3. The summed E-state index contributed by atoms with van der Waals surface area (Å²) in [5, 5.41) is 3.20. The average molecular weight is 289 g/mol. The van der Waals surface area contributed by atoms with Gasteiger partial charge in [0.15, 0.2) is 0 Å². The number of rotatable bonds is 3. The van der Waals surface area contributed by atoms with Gasteiger partial charge in [-0.25, -0.2) is 4.39 Å². The lowest BCUT2D eigenvalue weighted by atomic mass is 10.1. The molecule has 0 unspecified atom stereocenters. The Labute approximate surface area is 123 Å². The van der Waals surface area contributed by atoms with Crippen molar-refractivity contribution >= 4 is 28.6 Å². The van der Waals surface area contributed by atoms with Gasteiger partial charge in [0.2, 0.25) is 0 Å². The summed E-state index contributed by atoms with van der Waals surface area (Å²) in [7, 11) is 0. The SMILES string of the molecule is Cc1cc(Nc2cc(F)ccc2C)c(C(N)=S)c(C)n1. The van der Waals surface area contributed by atoms with E-state index in [4.69, 9.17) is 18.0 Å². The van der Waals surface area contributed by atoms with E-state index in [9.17, 15) is 4.39 Å². The van der Waals surface area contributed by atoms with Crippen LogP contribution in [0, 0.1) is 26.6 Å². The lowest BCUT2D eigenvalue weighted by Crippen LogP contribution is -2.15. The van der Waals surface area contributed by atoms with Crippen molar-refractivity contribution in [2.75, 3.05) is 5.32 Å². The quantitative estimate of drug-likeness (QED) is 0.849. The molecule has 5 heteroatoms. The fourth-order valence-corrected chi connectivity index (χ4v) is 2.37. The van der Waals surface area contributed by atoms with Gasteiger partial charge in [-0.05, 0) is 44.5 Å². The minimum absolute atomic E-state index is 0.270. The number of halogens is 1. The molecule has 0 aliphatic carbocycles. The van der Waals surface area contributed by atoms with Crippen molar-refractivity contribution in [3.8, 4) is 0 Å². The highest BCUT2D eigenvalue weighted by Crippen LogP contribution is 2.26. The number of benzene rings is 1. The predicted molar refractivity (Wildman–Crippen MR) is 84.0 cm³/mol. The summed E-state index contributed by atoms with van der Waals surface area (Å²) in [6, 6.07) is 6.45. The maximum Gasteiger partial charge on any atom is 0.125 e. The molecule has 1 aromatic carbocycles. The molecule has 0 aliphatic rings. The third-order valence-corrected chi connectivity index (χ3v) is 3.25. The first-order valence-corrected chi connectivity index (χ1v) is 6.60. The summed E-state index contributed by atoms with van der Waals surface area (Å²) in [6.07, 6.45) is 0. The van der Waals surface area contributed by atoms with Crippen LogP contribution in [0.25, 0.3) is 0 Å². The van der Waals surface area contributed by atoms with Crippen LogP contribution in [0.3, 0.4) is 0 Å². The molecule has 3 nitrogen and oxygen atoms in total. The number of thiocarbonyl (C=S) groups is 1. The van der Waals surface area contributed by atoms with Gasteiger partial charge in [0.1, 0.15) is 10.8 Å². The van der Waals surface area contributed by atoms with Gasteiger partial charge < -0.3 is 11.1 Å². The number of nitrogens with two attached hydrogens (primary N) is 1. The highest BCUT2D eigenvalue weighted by molar-refractivity contribution is 7.80. The van der Waals surface area contributed by atoms with E-state index in [0.29, 0.717) is 11.3 Å². The van der Waals surface area contributed by atoms with E-state index in [1.165, 1.54) is 12.1 Å². The molecule has 0 bridgehead atoms. The Morgan fingerprint density at radius 3 is 2.55 bits per heavy atom. The van der Waals surface area contributed by atoms with Crippen LogP contribution in [0.5, 0.6) is 0 Å². The van der Waals surface area contributed by atoms with E-state index >= 15 is 0 Å². The molecule has 2 rings (SSSR count). The average Bonchev–Trinajstić information content (AvgIpc) is 2.32. The summed E-state index contributed by atoms with van der Waals surface area (Å²) in [4.78, 5) is 4.63. The summed E-state index contributed by atoms with van der Waals surface area (Å²) < 4.78 is 13.4. The molecular formula is C15H16FN3S. The zero-order chi connectivity index (χ0) is 14.9. The first-order chi connectivity index (χ1) is 9.38. The van der Waals surface area contributed by atoms with E-state index in [0.717, 1.165) is 22.6 Å². The number of aryl methyl sites for hydroxylation is 3. The van der Waals surface area contributed by atoms with Gasteiger partial charge in [-0.3, -0.25) is 4.98 Å². The van der Waals surface area contributed by atoms with Crippen LogP contribution in [0.2, 0.25) is 0 Å². The smallest absolute Gasteiger partial charge is 0.125 e. The van der Waals surface area contributed by atoms with E-state index in [2.05, 4.69) is 10.3 Å². The van der Waals surface area contributed by atoms with Crippen LogP contribution in [-0.2, 0) is 0 Å². The highest BCUT2D eigenvalue weighted by Gasteiger charge is 2.12. The Hall–Kier alpha value is -2.01. The molecule has 0 radical (unpaired) electrons. The molecule has 0 spiro atoms. The number of anilines is 2. The van der Waals surface area contributed by atoms with Crippen molar-refractivity contribution in [3.05, 3.63) is 52.6 Å². The van der Waals surface area contributed by atoms with E-state index < -0.39 is 0 Å². The largest absolute Gasteiger partial charge is 0.389 e. The summed E-state index contributed by atoms with van der Waals surface area (Å²) in [6.45, 7) is 5.65. The van der Waals surface area contributed by atoms with Crippen molar-refractivity contribution in [3.63, 3.8) is 0 Å². The van der Waals surface area contributed by atoms with Crippen LogP contribution in [-0.4, -0.2) is 9.97 Å². The molecule has 104 valence electrons. The number of nitrogens with one attached hydrogen (secondary N) is 1. The van der Waals surface area contributed by atoms with E-state index in [1.54, 1.807) is 6.07 Å². The molecular weight excluding hydrogens is 273 g/mol. The maximum absolute atomic E-state index is 13.4. The van der Waals surface area contributed by atoms with Crippen molar-refractivity contribution in [1.82, 2.24) is 4.98 Å². The van der Waals surface area contributed by atoms with Gasteiger partial charge in [0.25, 0.3) is 0 Å². The maximum atomic E-state index is 13.4. The minimum Gasteiger partial charge on any atom is -0.389 e. The second-order valence-electron chi connectivity index (χ2n) is 4.72. The normalized spacial score (nSPS) is 10.4. The van der Waals surface area contributed by atoms with Crippen molar-refractivity contribution in [1.29, 1.82) is 0 Å². The first kappa shape index (κ1) is 14.4. The van der Waals surface area contributed by atoms with Crippen molar-refractivity contribution in [2.45, 2.75) is 20.8 Å². The molecule has 0 saturated carbocycles. The predicted octanol–water partition coefficient (Wildman–Crippen LogP) is 3.52. The molecule has 0 amide bonds. The minimum atomic E-state index is -0.294. The monoisotopic (exact) mass is 289 g/mol. The van der Waals surface area contributed by atoms with Gasteiger partial charge in [-0.2, -0.15) is 0 Å². The molecule has 1 aromatic heterocycles. The zero-order valence-electron chi connectivity index (χ0n) is 11.6. The Balaban J connectivity index is 2.53. The Morgan fingerprint density at radius 2 is 1.90 bits per heavy atom. The van der Waals surface area contributed by atoms with Crippen molar-refractivity contribution in [2.24, 2.45) is 5.73 Å². The third-order valence-electron chi connectivity index (χ3n) is 3.04. The van der Waals surface area contributed by atoms with Crippen LogP contribution in [0.1, 0.15) is 22.5 Å². The fourth-order valence-electron chi connectivity index (χ4n) is 2.11. The van der Waals surface area contributed by atoms with Crippen LogP contribution >= 0.6 is 12.2 Å². The molecule has 20 heavy (non-hydrogen) atoms. The fraction of sp³-hybridized carbons (Fsp3) is 0.200. The Morgan fingerprint density at radius 1 is 1.20 bits per heavy atom. The molecule has 2 aromatic rings. The summed E-state index contributed by atoms with van der Waals surface area (Å²) >= 11 is 5.08.